The minimum atomic E-state index is -3.97. The van der Waals surface area contributed by atoms with Crippen LogP contribution in [0.4, 0.5) is 11.4 Å². The summed E-state index contributed by atoms with van der Waals surface area (Å²) >= 11 is 0. The molecule has 1 rings (SSSR count). The van der Waals surface area contributed by atoms with E-state index in [0.29, 0.717) is 0 Å². The molecule has 0 heterocycles. The summed E-state index contributed by atoms with van der Waals surface area (Å²) in [6.07, 6.45) is 0. The quantitative estimate of drug-likeness (QED) is 0.411. The highest BCUT2D eigenvalue weighted by Gasteiger charge is 2.28. The molecule has 0 spiro atoms. The third-order valence-corrected chi connectivity index (χ3v) is 4.56. The molecule has 9 heteroatoms. The van der Waals surface area contributed by atoms with Gasteiger partial charge in [0.2, 0.25) is 10.0 Å². The predicted octanol–water partition coefficient (Wildman–Crippen LogP) is 1.20. The van der Waals surface area contributed by atoms with Gasteiger partial charge in [-0.25, -0.2) is 13.1 Å². The number of anilines is 1. The fourth-order valence-corrected chi connectivity index (χ4v) is 2.97. The summed E-state index contributed by atoms with van der Waals surface area (Å²) in [5.41, 5.74) is 1.97. The van der Waals surface area contributed by atoms with Gasteiger partial charge in [-0.2, -0.15) is 0 Å². The number of hydrogen-bond acceptors (Lipinski definition) is 6. The van der Waals surface area contributed by atoms with E-state index >= 15 is 0 Å². The number of rotatable bonds is 6. The summed E-state index contributed by atoms with van der Waals surface area (Å²) in [5.74, 6) is 5.22. The topological polar surface area (TPSA) is 127 Å². The van der Waals surface area contributed by atoms with Crippen LogP contribution >= 0.6 is 0 Å². The van der Waals surface area contributed by atoms with Crippen LogP contribution in [0.15, 0.2) is 23.1 Å². The first-order chi connectivity index (χ1) is 9.19. The number of benzene rings is 1. The molecule has 20 heavy (non-hydrogen) atoms. The van der Waals surface area contributed by atoms with Gasteiger partial charge < -0.3 is 5.43 Å². The Morgan fingerprint density at radius 3 is 2.35 bits per heavy atom. The lowest BCUT2D eigenvalue weighted by atomic mass is 10.1. The molecule has 0 fully saturated rings. The van der Waals surface area contributed by atoms with Gasteiger partial charge in [0.15, 0.2) is 4.90 Å². The third kappa shape index (κ3) is 3.65. The fraction of sp³-hybridized carbons (Fsp3) is 0.455. The van der Waals surface area contributed by atoms with E-state index in [1.807, 2.05) is 13.8 Å². The Bertz CT molecular complexity index is 600. The van der Waals surface area contributed by atoms with Gasteiger partial charge in [0, 0.05) is 12.1 Å². The molecule has 1 aromatic rings. The molecule has 0 aromatic heterocycles. The fourth-order valence-electron chi connectivity index (χ4n) is 1.42. The smallest absolute Gasteiger partial charge is 0.291 e. The normalized spacial score (nSPS) is 13.2. The van der Waals surface area contributed by atoms with Crippen LogP contribution in [-0.2, 0) is 10.0 Å². The van der Waals surface area contributed by atoms with Gasteiger partial charge in [-0.1, -0.05) is 13.8 Å². The van der Waals surface area contributed by atoms with Crippen LogP contribution < -0.4 is 16.0 Å². The Hall–Kier alpha value is -1.71. The van der Waals surface area contributed by atoms with Crippen molar-refractivity contribution in [1.29, 1.82) is 0 Å². The first-order valence-corrected chi connectivity index (χ1v) is 7.44. The molecule has 0 aliphatic heterocycles. The van der Waals surface area contributed by atoms with Crippen molar-refractivity contribution in [2.24, 2.45) is 11.8 Å². The SMILES string of the molecule is CC(C)C(C)NS(=O)(=O)c1ccc(NN)cc1[N+](=O)[O-]. The Morgan fingerprint density at radius 2 is 1.90 bits per heavy atom. The second kappa shape index (κ2) is 6.16. The molecule has 0 amide bonds. The standard InChI is InChI=1S/C11H18N4O4S/c1-7(2)8(3)14-20(18,19)11-5-4-9(13-12)6-10(11)15(16)17/h4-8,13-14H,12H2,1-3H3. The number of nitro groups is 1. The highest BCUT2D eigenvalue weighted by Crippen LogP contribution is 2.27. The van der Waals surface area contributed by atoms with Crippen molar-refractivity contribution >= 4 is 21.4 Å². The summed E-state index contributed by atoms with van der Waals surface area (Å²) < 4.78 is 26.8. The average molecular weight is 302 g/mol. The Kier molecular flexibility index (Phi) is 5.03. The van der Waals surface area contributed by atoms with Crippen LogP contribution in [-0.4, -0.2) is 19.4 Å². The maximum absolute atomic E-state index is 12.2. The van der Waals surface area contributed by atoms with E-state index in [9.17, 15) is 18.5 Å². The van der Waals surface area contributed by atoms with Crippen molar-refractivity contribution in [3.8, 4) is 0 Å². The van der Waals surface area contributed by atoms with Crippen molar-refractivity contribution in [3.05, 3.63) is 28.3 Å². The van der Waals surface area contributed by atoms with Crippen LogP contribution in [0.25, 0.3) is 0 Å². The molecule has 0 aliphatic carbocycles. The summed E-state index contributed by atoms with van der Waals surface area (Å²) in [7, 11) is -3.97. The highest BCUT2D eigenvalue weighted by molar-refractivity contribution is 7.89. The molecule has 1 atom stereocenters. The van der Waals surface area contributed by atoms with Crippen LogP contribution in [0, 0.1) is 16.0 Å². The molecule has 8 nitrogen and oxygen atoms in total. The van der Waals surface area contributed by atoms with Crippen LogP contribution in [0.2, 0.25) is 0 Å². The summed E-state index contributed by atoms with van der Waals surface area (Å²) in [5, 5.41) is 11.0. The van der Waals surface area contributed by atoms with Gasteiger partial charge >= 0.3 is 0 Å². The Morgan fingerprint density at radius 1 is 1.30 bits per heavy atom. The first kappa shape index (κ1) is 16.3. The zero-order valence-electron chi connectivity index (χ0n) is 11.5. The molecule has 0 saturated carbocycles. The van der Waals surface area contributed by atoms with Gasteiger partial charge in [-0.15, -0.1) is 0 Å². The molecular weight excluding hydrogens is 284 g/mol. The van der Waals surface area contributed by atoms with Crippen molar-refractivity contribution < 1.29 is 13.3 Å². The van der Waals surface area contributed by atoms with E-state index in [1.165, 1.54) is 6.07 Å². The van der Waals surface area contributed by atoms with E-state index in [2.05, 4.69) is 10.1 Å². The van der Waals surface area contributed by atoms with Crippen LogP contribution in [0.1, 0.15) is 20.8 Å². The van der Waals surface area contributed by atoms with Crippen LogP contribution in [0.5, 0.6) is 0 Å². The average Bonchev–Trinajstić information content (AvgIpc) is 2.37. The Labute approximate surface area is 117 Å². The van der Waals surface area contributed by atoms with Crippen molar-refractivity contribution in [3.63, 3.8) is 0 Å². The maximum Gasteiger partial charge on any atom is 0.291 e. The lowest BCUT2D eigenvalue weighted by Crippen LogP contribution is -2.36. The molecule has 1 aromatic carbocycles. The lowest BCUT2D eigenvalue weighted by molar-refractivity contribution is -0.387. The second-order valence-electron chi connectivity index (χ2n) is 4.74. The minimum absolute atomic E-state index is 0.0637. The molecule has 0 radical (unpaired) electrons. The van der Waals surface area contributed by atoms with Gasteiger partial charge in [-0.3, -0.25) is 16.0 Å². The molecule has 4 N–H and O–H groups in total. The maximum atomic E-state index is 12.2. The monoisotopic (exact) mass is 302 g/mol. The summed E-state index contributed by atoms with van der Waals surface area (Å²) in [6.45, 7) is 5.40. The lowest BCUT2D eigenvalue weighted by Gasteiger charge is -2.17. The predicted molar refractivity (Wildman–Crippen MR) is 75.5 cm³/mol. The third-order valence-electron chi connectivity index (χ3n) is 2.95. The number of hydrogen-bond donors (Lipinski definition) is 3. The molecule has 112 valence electrons. The summed E-state index contributed by atoms with van der Waals surface area (Å²) in [4.78, 5) is 9.87. The van der Waals surface area contributed by atoms with E-state index in [4.69, 9.17) is 5.84 Å². The van der Waals surface area contributed by atoms with Gasteiger partial charge in [0.25, 0.3) is 5.69 Å². The highest BCUT2D eigenvalue weighted by atomic mass is 32.2. The van der Waals surface area contributed by atoms with Gasteiger partial charge in [-0.05, 0) is 25.0 Å². The number of nitrogen functional groups attached to an aromatic ring is 1. The zero-order chi connectivity index (χ0) is 15.5. The number of hydrazine groups is 1. The number of nitrogens with zero attached hydrogens (tertiary/aromatic N) is 1. The number of nitrogens with one attached hydrogen (secondary N) is 2. The van der Waals surface area contributed by atoms with Crippen molar-refractivity contribution in [1.82, 2.24) is 4.72 Å². The van der Waals surface area contributed by atoms with Crippen molar-refractivity contribution in [2.45, 2.75) is 31.7 Å². The van der Waals surface area contributed by atoms with E-state index in [1.54, 1.807) is 6.92 Å². The zero-order valence-corrected chi connectivity index (χ0v) is 12.3. The van der Waals surface area contributed by atoms with Gasteiger partial charge in [0.05, 0.1) is 10.6 Å². The van der Waals surface area contributed by atoms with Crippen molar-refractivity contribution in [2.75, 3.05) is 5.43 Å². The largest absolute Gasteiger partial charge is 0.324 e. The molecule has 0 saturated heterocycles. The number of sulfonamides is 1. The molecule has 0 aliphatic rings. The van der Waals surface area contributed by atoms with Gasteiger partial charge in [0.1, 0.15) is 0 Å². The molecular formula is C11H18N4O4S. The Balaban J connectivity index is 3.27. The number of nitro benzene ring substituents is 1. The molecule has 1 unspecified atom stereocenters. The second-order valence-corrected chi connectivity index (χ2v) is 6.42. The van der Waals surface area contributed by atoms with E-state index < -0.39 is 20.6 Å². The van der Waals surface area contributed by atoms with E-state index in [0.717, 1.165) is 12.1 Å². The first-order valence-electron chi connectivity index (χ1n) is 5.96. The molecule has 0 bridgehead atoms. The van der Waals surface area contributed by atoms with E-state index in [-0.39, 0.29) is 22.5 Å². The number of nitrogens with two attached hydrogens (primary N) is 1. The minimum Gasteiger partial charge on any atom is -0.324 e. The summed E-state index contributed by atoms with van der Waals surface area (Å²) in [6, 6.07) is 3.26. The van der Waals surface area contributed by atoms with Crippen LogP contribution in [0.3, 0.4) is 0 Å².